The molecule has 6 nitrogen and oxygen atoms in total. The second-order valence-corrected chi connectivity index (χ2v) is 5.10. The molecule has 6 heteroatoms. The molecule has 3 rings (SSSR count). The molecule has 0 N–H and O–H groups in total. The Morgan fingerprint density at radius 1 is 0.720 bits per heavy atom. The van der Waals surface area contributed by atoms with Crippen LogP contribution in [0.15, 0.2) is 78.9 Å². The van der Waals surface area contributed by atoms with Crippen molar-refractivity contribution in [1.29, 1.82) is 0 Å². The fourth-order valence-corrected chi connectivity index (χ4v) is 2.20. The quantitative estimate of drug-likeness (QED) is 0.295. The van der Waals surface area contributed by atoms with Gasteiger partial charge in [0.1, 0.15) is 11.5 Å². The van der Waals surface area contributed by atoms with Gasteiger partial charge in [-0.3, -0.25) is 10.1 Å². The Morgan fingerprint density at radius 3 is 1.72 bits per heavy atom. The van der Waals surface area contributed by atoms with E-state index in [-0.39, 0.29) is 11.4 Å². The maximum atomic E-state index is 11.8. The summed E-state index contributed by atoms with van der Waals surface area (Å²) in [6, 6.07) is 22.0. The van der Waals surface area contributed by atoms with Crippen molar-refractivity contribution in [3.63, 3.8) is 0 Å². The first-order valence-electron chi connectivity index (χ1n) is 7.41. The first-order chi connectivity index (χ1) is 12.1. The number of nitro benzene ring substituents is 1. The molecule has 25 heavy (non-hydrogen) atoms. The summed E-state index contributed by atoms with van der Waals surface area (Å²) in [5.41, 5.74) is 1.97. The normalized spacial score (nSPS) is 10.1. The van der Waals surface area contributed by atoms with Crippen LogP contribution in [-0.2, 0) is 0 Å². The molecule has 0 saturated heterocycles. The van der Waals surface area contributed by atoms with E-state index in [0.29, 0.717) is 5.75 Å². The van der Waals surface area contributed by atoms with Gasteiger partial charge in [-0.15, -0.1) is 0 Å². The lowest BCUT2D eigenvalue weighted by molar-refractivity contribution is -0.384. The molecule has 0 fully saturated rings. The van der Waals surface area contributed by atoms with Crippen LogP contribution in [0.2, 0.25) is 0 Å². The van der Waals surface area contributed by atoms with Crippen molar-refractivity contribution < 1.29 is 19.2 Å². The van der Waals surface area contributed by atoms with Crippen LogP contribution in [0.25, 0.3) is 11.1 Å². The molecule has 0 saturated carbocycles. The Bertz CT molecular complexity index is 874. The molecule has 0 aromatic heterocycles. The van der Waals surface area contributed by atoms with Crippen LogP contribution in [-0.4, -0.2) is 11.1 Å². The zero-order chi connectivity index (χ0) is 17.6. The zero-order valence-corrected chi connectivity index (χ0v) is 13.0. The molecule has 3 aromatic carbocycles. The maximum absolute atomic E-state index is 11.8. The molecule has 0 atom stereocenters. The van der Waals surface area contributed by atoms with E-state index in [1.807, 2.05) is 42.5 Å². The van der Waals surface area contributed by atoms with Crippen molar-refractivity contribution in [1.82, 2.24) is 0 Å². The Balaban J connectivity index is 1.62. The van der Waals surface area contributed by atoms with Crippen LogP contribution in [0.1, 0.15) is 0 Å². The standard InChI is InChI=1S/C19H13NO5/c21-19(25-18-12-8-16(9-13-18)20(22)23)24-17-10-6-15(7-11-17)14-4-2-1-3-5-14/h1-13H. The van der Waals surface area contributed by atoms with Crippen LogP contribution in [0.5, 0.6) is 11.5 Å². The number of nitrogens with zero attached hydrogens (tertiary/aromatic N) is 1. The first-order valence-corrected chi connectivity index (χ1v) is 7.41. The van der Waals surface area contributed by atoms with Crippen molar-refractivity contribution in [2.45, 2.75) is 0 Å². The lowest BCUT2D eigenvalue weighted by Gasteiger charge is -2.06. The highest BCUT2D eigenvalue weighted by Gasteiger charge is 2.10. The van der Waals surface area contributed by atoms with E-state index < -0.39 is 11.1 Å². The first kappa shape index (κ1) is 16.2. The third-order valence-corrected chi connectivity index (χ3v) is 3.41. The van der Waals surface area contributed by atoms with E-state index in [9.17, 15) is 14.9 Å². The average Bonchev–Trinajstić information content (AvgIpc) is 2.63. The molecule has 0 unspecified atom stereocenters. The number of benzene rings is 3. The topological polar surface area (TPSA) is 78.7 Å². The van der Waals surface area contributed by atoms with Gasteiger partial charge in [-0.05, 0) is 35.4 Å². The minimum Gasteiger partial charge on any atom is -0.395 e. The van der Waals surface area contributed by atoms with E-state index in [1.165, 1.54) is 24.3 Å². The van der Waals surface area contributed by atoms with Crippen molar-refractivity contribution in [3.05, 3.63) is 89.0 Å². The van der Waals surface area contributed by atoms with Crippen LogP contribution in [0.4, 0.5) is 10.5 Å². The smallest absolute Gasteiger partial charge is 0.395 e. The van der Waals surface area contributed by atoms with Gasteiger partial charge in [0.2, 0.25) is 0 Å². The summed E-state index contributed by atoms with van der Waals surface area (Å²) >= 11 is 0. The molecule has 3 aromatic rings. The van der Waals surface area contributed by atoms with Crippen LogP contribution < -0.4 is 9.47 Å². The largest absolute Gasteiger partial charge is 0.519 e. The molecule has 124 valence electrons. The Kier molecular flexibility index (Phi) is 4.71. The predicted molar refractivity (Wildman–Crippen MR) is 91.6 cm³/mol. The second kappa shape index (κ2) is 7.27. The van der Waals surface area contributed by atoms with Gasteiger partial charge in [0.25, 0.3) is 5.69 Å². The van der Waals surface area contributed by atoms with Gasteiger partial charge in [-0.2, -0.15) is 0 Å². The summed E-state index contributed by atoms with van der Waals surface area (Å²) in [7, 11) is 0. The van der Waals surface area contributed by atoms with E-state index >= 15 is 0 Å². The number of hydrogen-bond donors (Lipinski definition) is 0. The summed E-state index contributed by atoms with van der Waals surface area (Å²) in [4.78, 5) is 21.8. The van der Waals surface area contributed by atoms with Gasteiger partial charge < -0.3 is 9.47 Å². The number of non-ortho nitro benzene ring substituents is 1. The highest BCUT2D eigenvalue weighted by Crippen LogP contribution is 2.23. The van der Waals surface area contributed by atoms with Crippen LogP contribution in [0.3, 0.4) is 0 Å². The molecule has 0 spiro atoms. The third kappa shape index (κ3) is 4.20. The Hall–Kier alpha value is -3.67. The van der Waals surface area contributed by atoms with E-state index in [1.54, 1.807) is 12.1 Å². The highest BCUT2D eigenvalue weighted by molar-refractivity contribution is 5.69. The van der Waals surface area contributed by atoms with Crippen LogP contribution >= 0.6 is 0 Å². The van der Waals surface area contributed by atoms with Gasteiger partial charge >= 0.3 is 6.16 Å². The van der Waals surface area contributed by atoms with E-state index in [0.717, 1.165) is 11.1 Å². The number of hydrogen-bond acceptors (Lipinski definition) is 5. The highest BCUT2D eigenvalue weighted by atomic mass is 16.7. The summed E-state index contributed by atoms with van der Waals surface area (Å²) in [5.74, 6) is 0.503. The summed E-state index contributed by atoms with van der Waals surface area (Å²) in [6.07, 6.45) is -0.915. The maximum Gasteiger partial charge on any atom is 0.519 e. The third-order valence-electron chi connectivity index (χ3n) is 3.41. The zero-order valence-electron chi connectivity index (χ0n) is 13.0. The van der Waals surface area contributed by atoms with Crippen molar-refractivity contribution in [2.75, 3.05) is 0 Å². The van der Waals surface area contributed by atoms with Crippen LogP contribution in [0, 0.1) is 10.1 Å². The number of rotatable bonds is 4. The molecule has 0 aliphatic carbocycles. The number of carbonyl (C=O) groups is 1. The fraction of sp³-hybridized carbons (Fsp3) is 0. The SMILES string of the molecule is O=C(Oc1ccc(-c2ccccc2)cc1)Oc1ccc([N+](=O)[O-])cc1. The second-order valence-electron chi connectivity index (χ2n) is 5.10. The molecule has 0 bridgehead atoms. The van der Waals surface area contributed by atoms with Gasteiger partial charge in [0, 0.05) is 12.1 Å². The lowest BCUT2D eigenvalue weighted by atomic mass is 10.1. The van der Waals surface area contributed by atoms with Crippen molar-refractivity contribution >= 4 is 11.8 Å². The number of carbonyl (C=O) groups excluding carboxylic acids is 1. The predicted octanol–water partition coefficient (Wildman–Crippen LogP) is 4.84. The monoisotopic (exact) mass is 335 g/mol. The van der Waals surface area contributed by atoms with Crippen molar-refractivity contribution in [2.24, 2.45) is 0 Å². The molecule has 0 heterocycles. The fourth-order valence-electron chi connectivity index (χ4n) is 2.20. The Labute approximate surface area is 143 Å². The van der Waals surface area contributed by atoms with Crippen molar-refractivity contribution in [3.8, 4) is 22.6 Å². The molecule has 0 radical (unpaired) electrons. The average molecular weight is 335 g/mol. The minimum atomic E-state index is -0.915. The minimum absolute atomic E-state index is 0.0859. The molecular weight excluding hydrogens is 322 g/mol. The molecule has 0 aliphatic heterocycles. The Morgan fingerprint density at radius 2 is 1.20 bits per heavy atom. The lowest BCUT2D eigenvalue weighted by Crippen LogP contribution is -2.13. The molecule has 0 aliphatic rings. The van der Waals surface area contributed by atoms with Gasteiger partial charge in [-0.25, -0.2) is 4.79 Å². The molecular formula is C19H13NO5. The molecule has 0 amide bonds. The number of ether oxygens (including phenoxy) is 2. The van der Waals surface area contributed by atoms with Gasteiger partial charge in [0.15, 0.2) is 0 Å². The van der Waals surface area contributed by atoms with E-state index in [4.69, 9.17) is 9.47 Å². The summed E-state index contributed by atoms with van der Waals surface area (Å²) < 4.78 is 10.1. The van der Waals surface area contributed by atoms with E-state index in [2.05, 4.69) is 0 Å². The summed E-state index contributed by atoms with van der Waals surface area (Å²) in [5, 5.41) is 10.6. The summed E-state index contributed by atoms with van der Waals surface area (Å²) in [6.45, 7) is 0. The van der Waals surface area contributed by atoms with Gasteiger partial charge in [0.05, 0.1) is 4.92 Å². The number of nitro groups is 1. The van der Waals surface area contributed by atoms with Gasteiger partial charge in [-0.1, -0.05) is 42.5 Å².